The highest BCUT2D eigenvalue weighted by atomic mass is 32.1. The maximum absolute atomic E-state index is 15.4. The van der Waals surface area contributed by atoms with Crippen molar-refractivity contribution in [3.63, 3.8) is 0 Å². The number of nitrogens with zero attached hydrogens (tertiary/aromatic N) is 3. The van der Waals surface area contributed by atoms with Crippen LogP contribution in [-0.4, -0.2) is 64.9 Å². The molecule has 0 radical (unpaired) electrons. The molecular formula is C23H21F2N3O5S. The first-order valence-corrected chi connectivity index (χ1v) is 11.2. The van der Waals surface area contributed by atoms with E-state index in [2.05, 4.69) is 14.1 Å². The number of halogens is 2. The zero-order valence-corrected chi connectivity index (χ0v) is 19.3. The summed E-state index contributed by atoms with van der Waals surface area (Å²) in [5.74, 6) is -2.79. The van der Waals surface area contributed by atoms with Gasteiger partial charge >= 0.3 is 5.97 Å². The van der Waals surface area contributed by atoms with E-state index < -0.39 is 23.3 Å². The molecule has 2 aromatic heterocycles. The largest absolute Gasteiger partial charge is 0.480 e. The zero-order valence-electron chi connectivity index (χ0n) is 18.5. The van der Waals surface area contributed by atoms with Crippen molar-refractivity contribution in [1.29, 1.82) is 0 Å². The number of esters is 1. The number of pyridine rings is 1. The molecule has 1 aliphatic heterocycles. The minimum atomic E-state index is -1.52. The number of Topliss-reactive ketones (excluding diaryl/α,β-unsaturated/α-hetero) is 1. The molecule has 8 nitrogen and oxygen atoms in total. The highest BCUT2D eigenvalue weighted by Gasteiger charge is 2.37. The first-order valence-electron chi connectivity index (χ1n) is 10.4. The quantitative estimate of drug-likeness (QED) is 0.297. The van der Waals surface area contributed by atoms with Gasteiger partial charge in [0.25, 0.3) is 11.7 Å². The van der Waals surface area contributed by atoms with Crippen LogP contribution in [0.2, 0.25) is 0 Å². The molecule has 1 aromatic carbocycles. The number of benzene rings is 1. The van der Waals surface area contributed by atoms with Crippen LogP contribution >= 0.6 is 11.5 Å². The lowest BCUT2D eigenvalue weighted by Gasteiger charge is -2.36. The van der Waals surface area contributed by atoms with Gasteiger partial charge in [-0.15, -0.1) is 0 Å². The van der Waals surface area contributed by atoms with E-state index in [1.807, 2.05) is 0 Å². The molecule has 1 saturated heterocycles. The van der Waals surface area contributed by atoms with Gasteiger partial charge in [-0.2, -0.15) is 4.37 Å². The number of likely N-dealkylation sites (tertiary alicyclic amines) is 1. The first-order chi connectivity index (χ1) is 16.2. The van der Waals surface area contributed by atoms with Crippen molar-refractivity contribution in [2.24, 2.45) is 0 Å². The van der Waals surface area contributed by atoms with Gasteiger partial charge in [-0.1, -0.05) is 12.1 Å². The summed E-state index contributed by atoms with van der Waals surface area (Å²) in [6.45, 7) is 0.321. The summed E-state index contributed by atoms with van der Waals surface area (Å²) in [6.07, 6.45) is 0.353. The summed E-state index contributed by atoms with van der Waals surface area (Å²) in [6, 6.07) is 7.12. The lowest BCUT2D eigenvalue weighted by Crippen LogP contribution is -2.45. The fourth-order valence-corrected chi connectivity index (χ4v) is 4.68. The molecule has 11 heteroatoms. The smallest absolute Gasteiger partial charge is 0.381 e. The molecule has 4 rings (SSSR count). The van der Waals surface area contributed by atoms with Crippen molar-refractivity contribution >= 4 is 39.4 Å². The Bertz CT molecular complexity index is 1250. The monoisotopic (exact) mass is 489 g/mol. The van der Waals surface area contributed by atoms with Crippen molar-refractivity contribution in [1.82, 2.24) is 14.3 Å². The van der Waals surface area contributed by atoms with Crippen LogP contribution in [0.25, 0.3) is 10.2 Å². The maximum Gasteiger partial charge on any atom is 0.381 e. The SMILES string of the molecule is COC(=O)C(=O)c1nsc2nc(OC)c(C(=O)N3CCC(F)(Cc4ccc(F)cc4)CC3)cc12. The number of carbonyl (C=O) groups is 3. The van der Waals surface area contributed by atoms with Gasteiger partial charge in [0.2, 0.25) is 5.88 Å². The third-order valence-electron chi connectivity index (χ3n) is 5.82. The number of fused-ring (bicyclic) bond motifs is 1. The van der Waals surface area contributed by atoms with Gasteiger partial charge in [-0.25, -0.2) is 18.6 Å². The molecule has 1 amide bonds. The zero-order chi connectivity index (χ0) is 24.5. The average Bonchev–Trinajstić information content (AvgIpc) is 3.26. The van der Waals surface area contributed by atoms with E-state index in [9.17, 15) is 18.8 Å². The molecule has 0 N–H and O–H groups in total. The lowest BCUT2D eigenvalue weighted by atomic mass is 9.87. The Hall–Kier alpha value is -3.47. The van der Waals surface area contributed by atoms with Crippen LogP contribution in [-0.2, 0) is 16.0 Å². The molecule has 0 atom stereocenters. The number of rotatable bonds is 6. The highest BCUT2D eigenvalue weighted by molar-refractivity contribution is 7.13. The number of hydrogen-bond donors (Lipinski definition) is 0. The lowest BCUT2D eigenvalue weighted by molar-refractivity contribution is -0.135. The molecule has 34 heavy (non-hydrogen) atoms. The standard InChI is InChI=1S/C23H21F2N3O5S/c1-32-19-16(11-15-17(18(29)22(31)33-2)27-34-20(15)26-19)21(30)28-9-7-23(25,8-10-28)12-13-3-5-14(24)6-4-13/h3-6,11H,7-10,12H2,1-2H3. The van der Waals surface area contributed by atoms with E-state index in [0.29, 0.717) is 10.4 Å². The van der Waals surface area contributed by atoms with Crippen molar-refractivity contribution < 1.29 is 32.6 Å². The van der Waals surface area contributed by atoms with E-state index in [1.54, 1.807) is 12.1 Å². The normalized spacial score (nSPS) is 15.2. The summed E-state index contributed by atoms with van der Waals surface area (Å²) in [5.41, 5.74) is -0.901. The van der Waals surface area contributed by atoms with E-state index in [0.717, 1.165) is 18.6 Å². The summed E-state index contributed by atoms with van der Waals surface area (Å²) in [4.78, 5) is 43.3. The number of amides is 1. The first kappa shape index (κ1) is 23.7. The Morgan fingerprint density at radius 3 is 2.44 bits per heavy atom. The summed E-state index contributed by atoms with van der Waals surface area (Å²) < 4.78 is 42.3. The van der Waals surface area contributed by atoms with Crippen LogP contribution in [0.1, 0.15) is 39.3 Å². The number of piperidine rings is 1. The van der Waals surface area contributed by atoms with Gasteiger partial charge in [-0.3, -0.25) is 9.59 Å². The number of ketones is 1. The molecule has 178 valence electrons. The van der Waals surface area contributed by atoms with E-state index in [-0.39, 0.29) is 60.7 Å². The molecule has 0 aliphatic carbocycles. The van der Waals surface area contributed by atoms with Crippen LogP contribution < -0.4 is 4.74 Å². The topological polar surface area (TPSA) is 98.7 Å². The minimum absolute atomic E-state index is 0.0432. The number of hydrogen-bond acceptors (Lipinski definition) is 8. The molecule has 1 fully saturated rings. The van der Waals surface area contributed by atoms with E-state index in [4.69, 9.17) is 4.74 Å². The number of alkyl halides is 1. The van der Waals surface area contributed by atoms with Gasteiger partial charge in [0.05, 0.1) is 14.2 Å². The average molecular weight is 490 g/mol. The van der Waals surface area contributed by atoms with Crippen LogP contribution in [0.4, 0.5) is 8.78 Å². The summed E-state index contributed by atoms with van der Waals surface area (Å²) in [5, 5.41) is 0.234. The molecule has 0 bridgehead atoms. The second kappa shape index (κ2) is 9.41. The fourth-order valence-electron chi connectivity index (χ4n) is 3.95. The second-order valence-electron chi connectivity index (χ2n) is 8.00. The van der Waals surface area contributed by atoms with Gasteiger partial charge in [-0.05, 0) is 48.1 Å². The molecule has 3 aromatic rings. The third-order valence-corrected chi connectivity index (χ3v) is 6.58. The van der Waals surface area contributed by atoms with Crippen molar-refractivity contribution in [2.45, 2.75) is 24.9 Å². The van der Waals surface area contributed by atoms with E-state index >= 15 is 4.39 Å². The van der Waals surface area contributed by atoms with Gasteiger partial charge < -0.3 is 14.4 Å². The summed E-state index contributed by atoms with van der Waals surface area (Å²) >= 11 is 0.890. The van der Waals surface area contributed by atoms with Gasteiger partial charge in [0, 0.05) is 24.9 Å². The Morgan fingerprint density at radius 2 is 1.82 bits per heavy atom. The Morgan fingerprint density at radius 1 is 1.15 bits per heavy atom. The Labute approximate surface area is 197 Å². The van der Waals surface area contributed by atoms with Crippen LogP contribution in [0.15, 0.2) is 30.3 Å². The van der Waals surface area contributed by atoms with Crippen LogP contribution in [0.3, 0.4) is 0 Å². The van der Waals surface area contributed by atoms with Gasteiger partial charge in [0.15, 0.2) is 0 Å². The molecule has 3 heterocycles. The van der Waals surface area contributed by atoms with Gasteiger partial charge in [0.1, 0.15) is 27.6 Å². The molecular weight excluding hydrogens is 468 g/mol. The predicted octanol–water partition coefficient (Wildman–Crippen LogP) is 3.38. The van der Waals surface area contributed by atoms with Crippen molar-refractivity contribution in [3.05, 3.63) is 53.0 Å². The Balaban J connectivity index is 1.55. The molecule has 0 spiro atoms. The number of aromatic nitrogens is 2. The fraction of sp³-hybridized carbons (Fsp3) is 0.348. The summed E-state index contributed by atoms with van der Waals surface area (Å²) in [7, 11) is 2.44. The maximum atomic E-state index is 15.4. The van der Waals surface area contributed by atoms with Crippen molar-refractivity contribution in [3.8, 4) is 5.88 Å². The minimum Gasteiger partial charge on any atom is -0.480 e. The van der Waals surface area contributed by atoms with Crippen LogP contribution in [0.5, 0.6) is 5.88 Å². The molecule has 0 saturated carbocycles. The van der Waals surface area contributed by atoms with E-state index in [1.165, 1.54) is 30.2 Å². The number of carbonyl (C=O) groups excluding carboxylic acids is 3. The van der Waals surface area contributed by atoms with Crippen molar-refractivity contribution in [2.75, 3.05) is 27.3 Å². The highest BCUT2D eigenvalue weighted by Crippen LogP contribution is 2.33. The predicted molar refractivity (Wildman–Crippen MR) is 119 cm³/mol. The second-order valence-corrected chi connectivity index (χ2v) is 8.75. The van der Waals surface area contributed by atoms with Crippen LogP contribution in [0, 0.1) is 5.82 Å². The Kier molecular flexibility index (Phi) is 6.56. The third kappa shape index (κ3) is 4.60. The molecule has 1 aliphatic rings. The molecule has 0 unspecified atom stereocenters. The number of methoxy groups -OCH3 is 2. The number of ether oxygens (including phenoxy) is 2.